The van der Waals surface area contributed by atoms with Crippen LogP contribution in [-0.4, -0.2) is 9.82 Å². The van der Waals surface area contributed by atoms with Crippen LogP contribution in [0, 0.1) is 5.82 Å². The van der Waals surface area contributed by atoms with Gasteiger partial charge in [-0.25, -0.2) is 4.39 Å². The van der Waals surface area contributed by atoms with Crippen molar-refractivity contribution in [3.63, 3.8) is 0 Å². The zero-order chi connectivity index (χ0) is 13.3. The lowest BCUT2D eigenvalue weighted by Gasteiger charge is -2.15. The molecular formula is C15H20FNS. The highest BCUT2D eigenvalue weighted by molar-refractivity contribution is 7.99. The van der Waals surface area contributed by atoms with Gasteiger partial charge in [0.15, 0.2) is 0 Å². The number of hydrogen-bond acceptors (Lipinski definition) is 1. The monoisotopic (exact) mass is 265 g/mol. The van der Waals surface area contributed by atoms with Crippen LogP contribution in [-0.2, 0) is 5.75 Å². The minimum atomic E-state index is -0.161. The number of rotatable bonds is 4. The van der Waals surface area contributed by atoms with Crippen molar-refractivity contribution in [3.8, 4) is 0 Å². The molecule has 0 fully saturated rings. The van der Waals surface area contributed by atoms with Gasteiger partial charge in [0.2, 0.25) is 0 Å². The van der Waals surface area contributed by atoms with Gasteiger partial charge in [-0.2, -0.15) is 11.8 Å². The zero-order valence-electron chi connectivity index (χ0n) is 11.4. The van der Waals surface area contributed by atoms with Crippen molar-refractivity contribution in [2.24, 2.45) is 0 Å². The van der Waals surface area contributed by atoms with Crippen LogP contribution < -0.4 is 0 Å². The highest BCUT2D eigenvalue weighted by Crippen LogP contribution is 2.28. The Bertz CT molecular complexity index is 543. The summed E-state index contributed by atoms with van der Waals surface area (Å²) in [6.07, 6.45) is 0. The van der Waals surface area contributed by atoms with E-state index < -0.39 is 0 Å². The Morgan fingerprint density at radius 2 is 1.89 bits per heavy atom. The van der Waals surface area contributed by atoms with Gasteiger partial charge in [-0.1, -0.05) is 13.8 Å². The predicted molar refractivity (Wildman–Crippen MR) is 78.7 cm³/mol. The highest BCUT2D eigenvalue weighted by Gasteiger charge is 2.12. The molecule has 0 atom stereocenters. The Hall–Kier alpha value is -0.960. The lowest BCUT2D eigenvalue weighted by atomic mass is 10.2. The molecule has 0 saturated carbocycles. The molecule has 3 heteroatoms. The number of halogens is 1. The second kappa shape index (κ2) is 5.35. The Kier molecular flexibility index (Phi) is 4.00. The van der Waals surface area contributed by atoms with Crippen molar-refractivity contribution in [1.29, 1.82) is 0 Å². The average Bonchev–Trinajstić information content (AvgIpc) is 2.63. The van der Waals surface area contributed by atoms with E-state index in [1.807, 2.05) is 17.8 Å². The van der Waals surface area contributed by atoms with Crippen molar-refractivity contribution in [1.82, 2.24) is 4.57 Å². The molecule has 0 N–H and O–H groups in total. The van der Waals surface area contributed by atoms with Crippen molar-refractivity contribution in [3.05, 3.63) is 35.8 Å². The minimum absolute atomic E-state index is 0.161. The van der Waals surface area contributed by atoms with E-state index in [-0.39, 0.29) is 5.82 Å². The molecule has 1 aromatic carbocycles. The lowest BCUT2D eigenvalue weighted by Crippen LogP contribution is -2.05. The summed E-state index contributed by atoms with van der Waals surface area (Å²) in [7, 11) is 0. The van der Waals surface area contributed by atoms with Gasteiger partial charge >= 0.3 is 0 Å². The second-order valence-electron chi connectivity index (χ2n) is 5.16. The van der Waals surface area contributed by atoms with E-state index in [0.717, 1.165) is 16.7 Å². The molecular weight excluding hydrogens is 245 g/mol. The Morgan fingerprint density at radius 3 is 2.50 bits per heavy atom. The summed E-state index contributed by atoms with van der Waals surface area (Å²) in [5.74, 6) is 0.818. The largest absolute Gasteiger partial charge is 0.341 e. The fraction of sp³-hybridized carbons (Fsp3) is 0.467. The van der Waals surface area contributed by atoms with Gasteiger partial charge < -0.3 is 4.57 Å². The number of fused-ring (bicyclic) bond motifs is 1. The quantitative estimate of drug-likeness (QED) is 0.753. The number of thioether (sulfide) groups is 1. The molecule has 0 bridgehead atoms. The first-order valence-electron chi connectivity index (χ1n) is 6.40. The maximum Gasteiger partial charge on any atom is 0.123 e. The first kappa shape index (κ1) is 13.5. The van der Waals surface area contributed by atoms with E-state index in [2.05, 4.69) is 38.3 Å². The van der Waals surface area contributed by atoms with E-state index in [1.165, 1.54) is 5.69 Å². The third kappa shape index (κ3) is 2.72. The molecule has 0 saturated heterocycles. The Labute approximate surface area is 112 Å². The van der Waals surface area contributed by atoms with E-state index in [9.17, 15) is 4.39 Å². The van der Waals surface area contributed by atoms with E-state index in [1.54, 1.807) is 12.1 Å². The highest BCUT2D eigenvalue weighted by atomic mass is 32.2. The number of nitrogens with zero attached hydrogens (tertiary/aromatic N) is 1. The lowest BCUT2D eigenvalue weighted by molar-refractivity contribution is 0.604. The molecule has 2 rings (SSSR count). The predicted octanol–water partition coefficient (Wildman–Crippen LogP) is 5.00. The van der Waals surface area contributed by atoms with Crippen LogP contribution in [0.25, 0.3) is 10.9 Å². The molecule has 0 aliphatic carbocycles. The van der Waals surface area contributed by atoms with Crippen LogP contribution in [0.5, 0.6) is 0 Å². The van der Waals surface area contributed by atoms with E-state index in [0.29, 0.717) is 11.3 Å². The normalized spacial score (nSPS) is 11.9. The molecule has 0 aliphatic heterocycles. The summed E-state index contributed by atoms with van der Waals surface area (Å²) in [5, 5.41) is 1.61. The fourth-order valence-electron chi connectivity index (χ4n) is 2.24. The van der Waals surface area contributed by atoms with Crippen molar-refractivity contribution in [2.45, 2.75) is 44.7 Å². The van der Waals surface area contributed by atoms with Gasteiger partial charge in [0, 0.05) is 28.4 Å². The van der Waals surface area contributed by atoms with Crippen molar-refractivity contribution in [2.75, 3.05) is 0 Å². The summed E-state index contributed by atoms with van der Waals surface area (Å²) in [4.78, 5) is 0. The molecule has 1 heterocycles. The molecule has 0 unspecified atom stereocenters. The van der Waals surface area contributed by atoms with Crippen LogP contribution in [0.3, 0.4) is 0 Å². The summed E-state index contributed by atoms with van der Waals surface area (Å²) in [6, 6.07) is 7.57. The standard InChI is InChI=1S/C15H20FNS/c1-10(2)17-14(9-18-11(3)4)8-12-7-13(16)5-6-15(12)17/h5-8,10-11H,9H2,1-4H3. The maximum absolute atomic E-state index is 13.3. The smallest absolute Gasteiger partial charge is 0.123 e. The molecule has 0 spiro atoms. The van der Waals surface area contributed by atoms with Gasteiger partial charge in [0.25, 0.3) is 0 Å². The van der Waals surface area contributed by atoms with Gasteiger partial charge in [0.1, 0.15) is 5.82 Å². The summed E-state index contributed by atoms with van der Waals surface area (Å²) >= 11 is 1.92. The molecule has 0 aliphatic rings. The van der Waals surface area contributed by atoms with Gasteiger partial charge in [-0.05, 0) is 43.4 Å². The second-order valence-corrected chi connectivity index (χ2v) is 6.73. The zero-order valence-corrected chi connectivity index (χ0v) is 12.2. The third-order valence-electron chi connectivity index (χ3n) is 2.96. The molecule has 0 radical (unpaired) electrons. The van der Waals surface area contributed by atoms with Gasteiger partial charge in [-0.3, -0.25) is 0 Å². The number of benzene rings is 1. The van der Waals surface area contributed by atoms with Crippen molar-refractivity contribution < 1.29 is 4.39 Å². The first-order chi connectivity index (χ1) is 8.49. The first-order valence-corrected chi connectivity index (χ1v) is 7.45. The summed E-state index contributed by atoms with van der Waals surface area (Å²) < 4.78 is 15.6. The number of aromatic nitrogens is 1. The molecule has 1 nitrogen and oxygen atoms in total. The fourth-order valence-corrected chi connectivity index (χ4v) is 2.96. The van der Waals surface area contributed by atoms with Crippen LogP contribution in [0.4, 0.5) is 4.39 Å². The topological polar surface area (TPSA) is 4.93 Å². The molecule has 18 heavy (non-hydrogen) atoms. The van der Waals surface area contributed by atoms with Crippen LogP contribution >= 0.6 is 11.8 Å². The van der Waals surface area contributed by atoms with Crippen LogP contribution in [0.1, 0.15) is 39.4 Å². The van der Waals surface area contributed by atoms with Crippen LogP contribution in [0.2, 0.25) is 0 Å². The average molecular weight is 265 g/mol. The summed E-state index contributed by atoms with van der Waals surface area (Å²) in [5.41, 5.74) is 2.41. The molecule has 2 aromatic rings. The minimum Gasteiger partial charge on any atom is -0.341 e. The van der Waals surface area contributed by atoms with Crippen LogP contribution in [0.15, 0.2) is 24.3 Å². The third-order valence-corrected chi connectivity index (χ3v) is 4.09. The Morgan fingerprint density at radius 1 is 1.17 bits per heavy atom. The van der Waals surface area contributed by atoms with Gasteiger partial charge in [0.05, 0.1) is 0 Å². The Balaban J connectivity index is 2.47. The molecule has 1 aromatic heterocycles. The molecule has 98 valence electrons. The summed E-state index contributed by atoms with van der Waals surface area (Å²) in [6.45, 7) is 8.75. The molecule has 0 amide bonds. The van der Waals surface area contributed by atoms with E-state index >= 15 is 0 Å². The SMILES string of the molecule is CC(C)SCc1cc2cc(F)ccc2n1C(C)C. The number of hydrogen-bond donors (Lipinski definition) is 0. The maximum atomic E-state index is 13.3. The van der Waals surface area contributed by atoms with Crippen molar-refractivity contribution >= 4 is 22.7 Å². The van der Waals surface area contributed by atoms with E-state index in [4.69, 9.17) is 0 Å². The van der Waals surface area contributed by atoms with Gasteiger partial charge in [-0.15, -0.1) is 0 Å².